The molecule has 2 saturated heterocycles. The van der Waals surface area contributed by atoms with Gasteiger partial charge in [0.2, 0.25) is 17.7 Å². The van der Waals surface area contributed by atoms with Gasteiger partial charge in [-0.2, -0.15) is 18.3 Å². The van der Waals surface area contributed by atoms with Gasteiger partial charge in [0, 0.05) is 49.3 Å². The molecular formula is C51H46F3N11O7S. The van der Waals surface area contributed by atoms with Gasteiger partial charge in [0.15, 0.2) is 16.5 Å². The molecule has 7 aromatic rings. The number of para-hydroxylation sites is 1. The van der Waals surface area contributed by atoms with Gasteiger partial charge in [0.05, 0.1) is 40.0 Å². The summed E-state index contributed by atoms with van der Waals surface area (Å²) in [7, 11) is 1.70. The van der Waals surface area contributed by atoms with Crippen LogP contribution in [0.4, 0.5) is 29.9 Å². The number of aromatic nitrogens is 6. The molecule has 11 rings (SSSR count). The second-order valence-electron chi connectivity index (χ2n) is 19.0. The maximum Gasteiger partial charge on any atom is 0.417 e. The zero-order chi connectivity index (χ0) is 50.8. The molecule has 374 valence electrons. The van der Waals surface area contributed by atoms with Crippen molar-refractivity contribution in [2.24, 2.45) is 12.5 Å². The topological polar surface area (TPSA) is 227 Å². The van der Waals surface area contributed by atoms with Crippen LogP contribution in [0, 0.1) is 5.41 Å². The fourth-order valence-corrected chi connectivity index (χ4v) is 11.5. The molecule has 1 atom stereocenters. The fraction of sp³-hybridized carbons (Fsp3) is 0.333. The van der Waals surface area contributed by atoms with Gasteiger partial charge in [-0.15, -0.1) is 0 Å². The molecule has 1 saturated carbocycles. The number of nitrogens with one attached hydrogen (secondary N) is 3. The molecule has 1 unspecified atom stereocenters. The summed E-state index contributed by atoms with van der Waals surface area (Å²) in [5, 5.41) is 24.0. The van der Waals surface area contributed by atoms with Gasteiger partial charge in [-0.1, -0.05) is 29.5 Å². The molecule has 5 aromatic heterocycles. The van der Waals surface area contributed by atoms with Crippen LogP contribution in [0.25, 0.3) is 32.4 Å². The number of amides is 4. The van der Waals surface area contributed by atoms with E-state index in [1.807, 2.05) is 35.2 Å². The monoisotopic (exact) mass is 1010 g/mol. The quantitative estimate of drug-likeness (QED) is 0.0930. The zero-order valence-corrected chi connectivity index (χ0v) is 40.0. The summed E-state index contributed by atoms with van der Waals surface area (Å²) in [5.41, 5.74) is 1.19. The molecule has 4 aliphatic rings. The Labute approximate surface area is 418 Å². The highest BCUT2D eigenvalue weighted by molar-refractivity contribution is 7.22. The van der Waals surface area contributed by atoms with E-state index in [1.54, 1.807) is 35.0 Å². The molecule has 1 spiro atoms. The minimum Gasteiger partial charge on any atom is -0.490 e. The molecule has 8 heterocycles. The number of thiazole rings is 1. The number of rotatable bonds is 11. The van der Waals surface area contributed by atoms with Gasteiger partial charge in [-0.25, -0.2) is 19.7 Å². The average molecular weight is 1010 g/mol. The van der Waals surface area contributed by atoms with Crippen molar-refractivity contribution in [1.29, 1.82) is 0 Å². The smallest absolute Gasteiger partial charge is 0.417 e. The predicted octanol–water partition coefficient (Wildman–Crippen LogP) is 7.35. The van der Waals surface area contributed by atoms with E-state index in [2.05, 4.69) is 41.0 Å². The number of ether oxygens (including phenoxy) is 1. The predicted molar refractivity (Wildman–Crippen MR) is 262 cm³/mol. The third-order valence-electron chi connectivity index (χ3n) is 14.3. The summed E-state index contributed by atoms with van der Waals surface area (Å²) in [5.74, 6) is -2.94. The molecule has 73 heavy (non-hydrogen) atoms. The maximum absolute atomic E-state index is 14.9. The van der Waals surface area contributed by atoms with Crippen LogP contribution in [0.1, 0.15) is 87.8 Å². The van der Waals surface area contributed by atoms with Crippen LogP contribution >= 0.6 is 11.3 Å². The molecule has 0 radical (unpaired) electrons. The van der Waals surface area contributed by atoms with Crippen molar-refractivity contribution in [1.82, 2.24) is 39.9 Å². The molecule has 3 fully saturated rings. The number of aromatic carboxylic acids is 1. The number of carboxylic acids is 1. The number of imide groups is 1. The van der Waals surface area contributed by atoms with Crippen LogP contribution in [0.2, 0.25) is 0 Å². The molecule has 1 aliphatic carbocycles. The first-order valence-electron chi connectivity index (χ1n) is 23.8. The lowest BCUT2D eigenvalue weighted by molar-refractivity contribution is -0.137. The standard InChI is InChI=1S/C51H46F3N11O7S/c1-63-45-32(42(62-63)33-10-13-40(66)60-46(33)68)8-11-38(58-45)57-41(67)26-64-20-16-50(17-21-64)23-29(24-50)72-28-6-7-30(35(22-28)51(52,53)54)31-9-12-39(59-44(31)48(70)71)65-19-15-27-14-18-55-43(34(27)25-65)47(69)61-49-56-36-4-2-3-5-37(36)73-49/h2-9,11-12,14,18,22,29,33H,10,13,15-17,19-21,23-26H2,1H3,(H,70,71)(H,56,61,69)(H,57,58,67)(H,60,66,68). The van der Waals surface area contributed by atoms with Crippen molar-refractivity contribution >= 4 is 79.0 Å². The van der Waals surface area contributed by atoms with Crippen molar-refractivity contribution in [3.05, 3.63) is 113 Å². The number of aryl methyl sites for hydroxylation is 1. The molecule has 22 heteroatoms. The summed E-state index contributed by atoms with van der Waals surface area (Å²) < 4.78 is 53.1. The number of carboxylic acid groups (broad SMARTS) is 1. The minimum absolute atomic E-state index is 0.0140. The number of hydrogen-bond acceptors (Lipinski definition) is 14. The average Bonchev–Trinajstić information content (AvgIpc) is 3.92. The molecule has 2 aromatic carbocycles. The molecular weight excluding hydrogens is 968 g/mol. The molecule has 18 nitrogen and oxygen atoms in total. The SMILES string of the molecule is Cn1nc(C2CCC(=O)NC2=O)c2ccc(NC(=O)CN3CCC4(CC3)CC(Oc3ccc(-c5ccc(N6CCc7ccnc(C(=O)Nc8nc9ccccc9s8)c7C6)nc5C(=O)O)c(C(F)(F)F)c3)C4)nc21. The largest absolute Gasteiger partial charge is 0.490 e. The fourth-order valence-electron chi connectivity index (χ4n) is 10.6. The first-order chi connectivity index (χ1) is 35.1. The van der Waals surface area contributed by atoms with Crippen LogP contribution in [0.5, 0.6) is 5.75 Å². The van der Waals surface area contributed by atoms with E-state index in [9.17, 15) is 42.3 Å². The summed E-state index contributed by atoms with van der Waals surface area (Å²) in [6.07, 6.45) is 0.229. The normalized spacial score (nSPS) is 18.1. The number of likely N-dealkylation sites (tertiary alicyclic amines) is 1. The minimum atomic E-state index is -4.86. The van der Waals surface area contributed by atoms with Crippen LogP contribution in [0.3, 0.4) is 0 Å². The van der Waals surface area contributed by atoms with Gasteiger partial charge >= 0.3 is 12.1 Å². The molecule has 4 N–H and O–H groups in total. The summed E-state index contributed by atoms with van der Waals surface area (Å²) >= 11 is 1.33. The number of carbonyl (C=O) groups is 5. The Morgan fingerprint density at radius 2 is 1.71 bits per heavy atom. The van der Waals surface area contributed by atoms with Crippen molar-refractivity contribution in [2.75, 3.05) is 41.7 Å². The highest BCUT2D eigenvalue weighted by atomic mass is 32.1. The van der Waals surface area contributed by atoms with Crippen LogP contribution in [0.15, 0.2) is 79.0 Å². The first kappa shape index (κ1) is 47.5. The Bertz CT molecular complexity index is 3370. The van der Waals surface area contributed by atoms with E-state index in [0.29, 0.717) is 78.6 Å². The highest BCUT2D eigenvalue weighted by Gasteiger charge is 2.47. The third-order valence-corrected chi connectivity index (χ3v) is 15.3. The van der Waals surface area contributed by atoms with E-state index in [4.69, 9.17) is 4.74 Å². The second kappa shape index (κ2) is 18.6. The number of anilines is 3. The number of carbonyl (C=O) groups excluding carboxylic acids is 4. The lowest BCUT2D eigenvalue weighted by atomic mass is 9.61. The summed E-state index contributed by atoms with van der Waals surface area (Å²) in [6, 6.07) is 19.1. The van der Waals surface area contributed by atoms with Crippen LogP contribution in [-0.4, -0.2) is 102 Å². The zero-order valence-electron chi connectivity index (χ0n) is 39.2. The molecule has 4 amide bonds. The van der Waals surface area contributed by atoms with E-state index in [1.165, 1.54) is 35.6 Å². The van der Waals surface area contributed by atoms with Gasteiger partial charge in [0.1, 0.15) is 23.1 Å². The summed E-state index contributed by atoms with van der Waals surface area (Å²) in [4.78, 5) is 85.3. The first-order valence-corrected chi connectivity index (χ1v) is 24.6. The number of alkyl halides is 3. The van der Waals surface area contributed by atoms with Gasteiger partial charge in [0.25, 0.3) is 5.91 Å². The maximum atomic E-state index is 14.9. The number of fused-ring (bicyclic) bond motifs is 3. The van der Waals surface area contributed by atoms with Crippen molar-refractivity contribution < 1.29 is 47.0 Å². The van der Waals surface area contributed by atoms with E-state index in [0.717, 1.165) is 34.7 Å². The van der Waals surface area contributed by atoms with Gasteiger partial charge in [-0.05, 0) is 123 Å². The highest BCUT2D eigenvalue weighted by Crippen LogP contribution is 2.51. The van der Waals surface area contributed by atoms with Gasteiger partial charge in [-0.3, -0.25) is 44.4 Å². The number of benzene rings is 2. The third kappa shape index (κ3) is 9.42. The Balaban J connectivity index is 0.711. The Morgan fingerprint density at radius 3 is 2.48 bits per heavy atom. The second-order valence-corrected chi connectivity index (χ2v) is 20.1. The van der Waals surface area contributed by atoms with E-state index >= 15 is 0 Å². The molecule has 0 bridgehead atoms. The van der Waals surface area contributed by atoms with Gasteiger partial charge < -0.3 is 20.1 Å². The number of nitrogens with zero attached hydrogens (tertiary/aromatic N) is 8. The Morgan fingerprint density at radius 1 is 0.918 bits per heavy atom. The van der Waals surface area contributed by atoms with Crippen molar-refractivity contribution in [2.45, 2.75) is 69.7 Å². The number of piperidine rings is 2. The Kier molecular flexibility index (Phi) is 12.1. The number of pyridine rings is 3. The summed E-state index contributed by atoms with van der Waals surface area (Å²) in [6.45, 7) is 1.97. The van der Waals surface area contributed by atoms with Crippen molar-refractivity contribution in [3.63, 3.8) is 0 Å². The number of hydrogen-bond donors (Lipinski definition) is 4. The number of halogens is 3. The lowest BCUT2D eigenvalue weighted by Gasteiger charge is -2.51. The lowest BCUT2D eigenvalue weighted by Crippen LogP contribution is -2.51. The van der Waals surface area contributed by atoms with E-state index < -0.39 is 41.1 Å². The van der Waals surface area contributed by atoms with Crippen molar-refractivity contribution in [3.8, 4) is 16.9 Å². The Hall–Kier alpha value is -7.85. The van der Waals surface area contributed by atoms with Crippen LogP contribution < -0.4 is 25.6 Å². The van der Waals surface area contributed by atoms with E-state index in [-0.39, 0.29) is 71.2 Å². The molecule has 3 aliphatic heterocycles. The van der Waals surface area contributed by atoms with Crippen LogP contribution in [-0.2, 0) is 40.6 Å².